The Morgan fingerprint density at radius 2 is 2.00 bits per heavy atom. The van der Waals surface area contributed by atoms with E-state index in [1.54, 1.807) is 0 Å². The first-order chi connectivity index (χ1) is 9.04. The van der Waals surface area contributed by atoms with E-state index in [1.165, 1.54) is 11.3 Å². The van der Waals surface area contributed by atoms with Crippen LogP contribution in [0.15, 0.2) is 24.3 Å². The van der Waals surface area contributed by atoms with Crippen LogP contribution in [0.25, 0.3) is 0 Å². The SMILES string of the molecule is CCNC(C)c1ccc(N2CCOCC2(C)C)cc1. The normalized spacial score (nSPS) is 20.3. The maximum absolute atomic E-state index is 5.58. The molecule has 1 aromatic rings. The Balaban J connectivity index is 2.13. The molecule has 0 amide bonds. The fourth-order valence-electron chi connectivity index (χ4n) is 2.70. The Hall–Kier alpha value is -1.06. The maximum Gasteiger partial charge on any atom is 0.0694 e. The van der Waals surface area contributed by atoms with Crippen LogP contribution in [0.2, 0.25) is 0 Å². The van der Waals surface area contributed by atoms with Gasteiger partial charge in [-0.1, -0.05) is 19.1 Å². The van der Waals surface area contributed by atoms with E-state index in [1.807, 2.05) is 0 Å². The summed E-state index contributed by atoms with van der Waals surface area (Å²) in [6, 6.07) is 9.34. The van der Waals surface area contributed by atoms with Crippen LogP contribution in [0, 0.1) is 0 Å². The lowest BCUT2D eigenvalue weighted by molar-refractivity contribution is 0.0644. The van der Waals surface area contributed by atoms with E-state index in [0.717, 1.165) is 26.3 Å². The molecule has 1 saturated heterocycles. The minimum Gasteiger partial charge on any atom is -0.377 e. The number of benzene rings is 1. The molecule has 1 aromatic carbocycles. The van der Waals surface area contributed by atoms with Crippen molar-refractivity contribution >= 4 is 5.69 Å². The van der Waals surface area contributed by atoms with Crippen molar-refractivity contribution in [3.63, 3.8) is 0 Å². The lowest BCUT2D eigenvalue weighted by atomic mass is 10.0. The Kier molecular flexibility index (Phi) is 4.48. The highest BCUT2D eigenvalue weighted by Crippen LogP contribution is 2.28. The lowest BCUT2D eigenvalue weighted by Gasteiger charge is -2.43. The molecule has 1 atom stereocenters. The van der Waals surface area contributed by atoms with Crippen LogP contribution < -0.4 is 10.2 Å². The minimum absolute atomic E-state index is 0.0764. The van der Waals surface area contributed by atoms with E-state index >= 15 is 0 Å². The van der Waals surface area contributed by atoms with Crippen LogP contribution in [0.3, 0.4) is 0 Å². The van der Waals surface area contributed by atoms with Gasteiger partial charge in [-0.3, -0.25) is 0 Å². The van der Waals surface area contributed by atoms with Crippen molar-refractivity contribution in [1.29, 1.82) is 0 Å². The molecule has 0 radical (unpaired) electrons. The number of morpholine rings is 1. The molecule has 0 bridgehead atoms. The van der Waals surface area contributed by atoms with E-state index in [2.05, 4.69) is 62.2 Å². The van der Waals surface area contributed by atoms with Gasteiger partial charge in [0.15, 0.2) is 0 Å². The van der Waals surface area contributed by atoms with Crippen LogP contribution in [0.1, 0.15) is 39.3 Å². The monoisotopic (exact) mass is 262 g/mol. The van der Waals surface area contributed by atoms with E-state index in [0.29, 0.717) is 6.04 Å². The van der Waals surface area contributed by atoms with Crippen LogP contribution in [-0.2, 0) is 4.74 Å². The molecule has 0 saturated carbocycles. The molecular formula is C16H26N2O. The average molecular weight is 262 g/mol. The number of nitrogens with zero attached hydrogens (tertiary/aromatic N) is 1. The smallest absolute Gasteiger partial charge is 0.0694 e. The summed E-state index contributed by atoms with van der Waals surface area (Å²) < 4.78 is 5.58. The van der Waals surface area contributed by atoms with Crippen molar-refractivity contribution in [2.24, 2.45) is 0 Å². The molecule has 1 aliphatic heterocycles. The van der Waals surface area contributed by atoms with Crippen LogP contribution in [0.4, 0.5) is 5.69 Å². The van der Waals surface area contributed by atoms with Crippen molar-refractivity contribution in [2.75, 3.05) is 31.2 Å². The molecule has 2 rings (SSSR count). The van der Waals surface area contributed by atoms with Gasteiger partial charge in [0.2, 0.25) is 0 Å². The third-order valence-electron chi connectivity index (χ3n) is 3.86. The van der Waals surface area contributed by atoms with E-state index < -0.39 is 0 Å². The van der Waals surface area contributed by atoms with Gasteiger partial charge in [-0.2, -0.15) is 0 Å². The number of anilines is 1. The summed E-state index contributed by atoms with van der Waals surface area (Å²) >= 11 is 0. The van der Waals surface area contributed by atoms with Gasteiger partial charge in [0.1, 0.15) is 0 Å². The lowest BCUT2D eigenvalue weighted by Crippen LogP contribution is -2.53. The predicted octanol–water partition coefficient (Wildman–Crippen LogP) is 2.97. The van der Waals surface area contributed by atoms with Gasteiger partial charge in [0.05, 0.1) is 18.8 Å². The van der Waals surface area contributed by atoms with Crippen molar-refractivity contribution < 1.29 is 4.74 Å². The highest BCUT2D eigenvalue weighted by molar-refractivity contribution is 5.50. The predicted molar refractivity (Wildman–Crippen MR) is 80.8 cm³/mol. The average Bonchev–Trinajstić information content (AvgIpc) is 2.39. The molecule has 1 fully saturated rings. The number of hydrogen-bond donors (Lipinski definition) is 1. The zero-order valence-electron chi connectivity index (χ0n) is 12.6. The molecule has 1 N–H and O–H groups in total. The highest BCUT2D eigenvalue weighted by Gasteiger charge is 2.30. The second kappa shape index (κ2) is 5.93. The van der Waals surface area contributed by atoms with Crippen molar-refractivity contribution in [2.45, 2.75) is 39.3 Å². The zero-order valence-corrected chi connectivity index (χ0v) is 12.6. The van der Waals surface area contributed by atoms with Crippen LogP contribution in [0.5, 0.6) is 0 Å². The van der Waals surface area contributed by atoms with Gasteiger partial charge in [0, 0.05) is 18.3 Å². The summed E-state index contributed by atoms with van der Waals surface area (Å²) in [7, 11) is 0. The van der Waals surface area contributed by atoms with Crippen molar-refractivity contribution in [3.05, 3.63) is 29.8 Å². The summed E-state index contributed by atoms with van der Waals surface area (Å²) in [4.78, 5) is 2.44. The first kappa shape index (κ1) is 14.4. The highest BCUT2D eigenvalue weighted by atomic mass is 16.5. The quantitative estimate of drug-likeness (QED) is 0.903. The Morgan fingerprint density at radius 1 is 1.32 bits per heavy atom. The summed E-state index contributed by atoms with van der Waals surface area (Å²) in [6.45, 7) is 12.4. The third kappa shape index (κ3) is 3.28. The third-order valence-corrected chi connectivity index (χ3v) is 3.86. The van der Waals surface area contributed by atoms with Gasteiger partial charge < -0.3 is 15.0 Å². The van der Waals surface area contributed by atoms with Gasteiger partial charge in [-0.15, -0.1) is 0 Å². The fourth-order valence-corrected chi connectivity index (χ4v) is 2.70. The maximum atomic E-state index is 5.58. The molecule has 1 unspecified atom stereocenters. The molecule has 1 heterocycles. The standard InChI is InChI=1S/C16H26N2O/c1-5-17-13(2)14-6-8-15(9-7-14)18-10-11-19-12-16(18,3)4/h6-9,13,17H,5,10-12H2,1-4H3. The van der Waals surface area contributed by atoms with E-state index in [9.17, 15) is 0 Å². The van der Waals surface area contributed by atoms with Gasteiger partial charge in [-0.05, 0) is 45.0 Å². The molecule has 19 heavy (non-hydrogen) atoms. The molecule has 3 heteroatoms. The number of rotatable bonds is 4. The Labute approximate surface area is 116 Å². The first-order valence-corrected chi connectivity index (χ1v) is 7.23. The van der Waals surface area contributed by atoms with Gasteiger partial charge in [-0.25, -0.2) is 0 Å². The van der Waals surface area contributed by atoms with E-state index in [-0.39, 0.29) is 5.54 Å². The van der Waals surface area contributed by atoms with Gasteiger partial charge >= 0.3 is 0 Å². The molecular weight excluding hydrogens is 236 g/mol. The number of hydrogen-bond acceptors (Lipinski definition) is 3. The molecule has 0 spiro atoms. The second-order valence-electron chi connectivity index (χ2n) is 5.89. The Bertz CT molecular complexity index is 400. The topological polar surface area (TPSA) is 24.5 Å². The summed E-state index contributed by atoms with van der Waals surface area (Å²) in [5.74, 6) is 0. The first-order valence-electron chi connectivity index (χ1n) is 7.23. The zero-order chi connectivity index (χ0) is 13.9. The summed E-state index contributed by atoms with van der Waals surface area (Å²) in [6.07, 6.45) is 0. The molecule has 0 aliphatic carbocycles. The number of nitrogens with one attached hydrogen (secondary N) is 1. The molecule has 0 aromatic heterocycles. The second-order valence-corrected chi connectivity index (χ2v) is 5.89. The molecule has 106 valence electrons. The molecule has 1 aliphatic rings. The van der Waals surface area contributed by atoms with Crippen molar-refractivity contribution in [3.8, 4) is 0 Å². The van der Waals surface area contributed by atoms with Gasteiger partial charge in [0.25, 0.3) is 0 Å². The largest absolute Gasteiger partial charge is 0.377 e. The fraction of sp³-hybridized carbons (Fsp3) is 0.625. The number of ether oxygens (including phenoxy) is 1. The Morgan fingerprint density at radius 3 is 2.58 bits per heavy atom. The van der Waals surface area contributed by atoms with Crippen LogP contribution >= 0.6 is 0 Å². The summed E-state index contributed by atoms with van der Waals surface area (Å²) in [5, 5.41) is 3.44. The molecule has 3 nitrogen and oxygen atoms in total. The minimum atomic E-state index is 0.0764. The van der Waals surface area contributed by atoms with E-state index in [4.69, 9.17) is 4.74 Å². The summed E-state index contributed by atoms with van der Waals surface area (Å²) in [5.41, 5.74) is 2.71. The van der Waals surface area contributed by atoms with Crippen LogP contribution in [-0.4, -0.2) is 31.8 Å². The van der Waals surface area contributed by atoms with Crippen molar-refractivity contribution in [1.82, 2.24) is 5.32 Å².